The summed E-state index contributed by atoms with van der Waals surface area (Å²) in [4.78, 5) is 25.1. The van der Waals surface area contributed by atoms with Crippen LogP contribution in [0.1, 0.15) is 54.9 Å². The minimum atomic E-state index is -0.632. The van der Waals surface area contributed by atoms with Crippen LogP contribution in [-0.4, -0.2) is 18.4 Å². The number of benzene rings is 1. The third kappa shape index (κ3) is 3.93. The first-order valence-electron chi connectivity index (χ1n) is 7.91. The Hall–Kier alpha value is -1.64. The molecule has 1 aliphatic carbocycles. The lowest BCUT2D eigenvalue weighted by Crippen LogP contribution is -2.34. The second kappa shape index (κ2) is 7.39. The lowest BCUT2D eigenvalue weighted by atomic mass is 9.76. The first kappa shape index (κ1) is 15.7. The van der Waals surface area contributed by atoms with Crippen LogP contribution in [0.3, 0.4) is 0 Å². The van der Waals surface area contributed by atoms with Gasteiger partial charge in [-0.05, 0) is 32.6 Å². The third-order valence-corrected chi connectivity index (χ3v) is 4.28. The summed E-state index contributed by atoms with van der Waals surface area (Å²) in [6, 6.07) is 7.45. The summed E-state index contributed by atoms with van der Waals surface area (Å²) in [5, 5.41) is 0. The molecule has 0 saturated heterocycles. The number of carbonyl (C=O) groups is 2. The van der Waals surface area contributed by atoms with Crippen molar-refractivity contribution in [1.82, 2.24) is 0 Å². The van der Waals surface area contributed by atoms with E-state index in [4.69, 9.17) is 4.74 Å². The van der Waals surface area contributed by atoms with Crippen LogP contribution < -0.4 is 0 Å². The van der Waals surface area contributed by atoms with E-state index in [1.807, 2.05) is 31.2 Å². The van der Waals surface area contributed by atoms with Crippen molar-refractivity contribution >= 4 is 11.8 Å². The molecule has 21 heavy (non-hydrogen) atoms. The molecular weight excluding hydrogens is 264 g/mol. The molecule has 0 aliphatic heterocycles. The Balaban J connectivity index is 2.22. The Kier molecular flexibility index (Phi) is 5.54. The normalized spacial score (nSPS) is 17.2. The Morgan fingerprint density at radius 2 is 1.76 bits per heavy atom. The van der Waals surface area contributed by atoms with Crippen LogP contribution >= 0.6 is 0 Å². The van der Waals surface area contributed by atoms with Gasteiger partial charge in [0.2, 0.25) is 0 Å². The summed E-state index contributed by atoms with van der Waals surface area (Å²) in [6.07, 6.45) is 5.29. The van der Waals surface area contributed by atoms with E-state index in [9.17, 15) is 9.59 Å². The van der Waals surface area contributed by atoms with Crippen LogP contribution in [0, 0.1) is 18.8 Å². The van der Waals surface area contributed by atoms with Crippen molar-refractivity contribution in [3.8, 4) is 0 Å². The molecule has 1 unspecified atom stereocenters. The minimum absolute atomic E-state index is 0.0830. The van der Waals surface area contributed by atoms with Gasteiger partial charge in [0.05, 0.1) is 6.61 Å². The van der Waals surface area contributed by atoms with Crippen molar-refractivity contribution in [3.63, 3.8) is 0 Å². The maximum Gasteiger partial charge on any atom is 0.317 e. The van der Waals surface area contributed by atoms with Gasteiger partial charge in [-0.2, -0.15) is 0 Å². The van der Waals surface area contributed by atoms with Crippen LogP contribution in [-0.2, 0) is 9.53 Å². The van der Waals surface area contributed by atoms with Crippen molar-refractivity contribution in [3.05, 3.63) is 35.4 Å². The quantitative estimate of drug-likeness (QED) is 0.468. The number of hydrogen-bond acceptors (Lipinski definition) is 3. The van der Waals surface area contributed by atoms with Gasteiger partial charge >= 0.3 is 5.97 Å². The highest BCUT2D eigenvalue weighted by Gasteiger charge is 2.36. The zero-order valence-electron chi connectivity index (χ0n) is 12.9. The van der Waals surface area contributed by atoms with E-state index in [0.29, 0.717) is 12.2 Å². The highest BCUT2D eigenvalue weighted by atomic mass is 16.5. The molecule has 1 aliphatic rings. The number of carbonyl (C=O) groups excluding carboxylic acids is 2. The summed E-state index contributed by atoms with van der Waals surface area (Å²) in [5.74, 6) is -0.935. The molecule has 2 rings (SSSR count). The number of ketones is 1. The van der Waals surface area contributed by atoms with Gasteiger partial charge in [-0.25, -0.2) is 0 Å². The second-order valence-corrected chi connectivity index (χ2v) is 5.86. The molecule has 0 N–H and O–H groups in total. The molecule has 0 aromatic heterocycles. The Morgan fingerprint density at radius 1 is 1.14 bits per heavy atom. The Labute approximate surface area is 126 Å². The standard InChI is InChI=1S/C18H24O3/c1-3-21-18(20)16(14-7-5-4-6-8-14)17(19)15-11-9-13(2)10-12-15/h9-12,14,16H,3-8H2,1-2H3. The fraction of sp³-hybridized carbons (Fsp3) is 0.556. The first-order valence-corrected chi connectivity index (χ1v) is 7.91. The maximum atomic E-state index is 12.8. The lowest BCUT2D eigenvalue weighted by Gasteiger charge is -2.27. The molecule has 3 nitrogen and oxygen atoms in total. The molecule has 0 radical (unpaired) electrons. The average Bonchev–Trinajstić information content (AvgIpc) is 2.49. The van der Waals surface area contributed by atoms with E-state index < -0.39 is 5.92 Å². The van der Waals surface area contributed by atoms with Crippen molar-refractivity contribution in [2.75, 3.05) is 6.61 Å². The van der Waals surface area contributed by atoms with Crippen molar-refractivity contribution in [1.29, 1.82) is 0 Å². The van der Waals surface area contributed by atoms with Crippen LogP contribution in [0.15, 0.2) is 24.3 Å². The number of Topliss-reactive ketones (excluding diaryl/α,β-unsaturated/α-hetero) is 1. The lowest BCUT2D eigenvalue weighted by molar-refractivity contribution is -0.148. The fourth-order valence-corrected chi connectivity index (χ4v) is 3.11. The van der Waals surface area contributed by atoms with Gasteiger partial charge in [-0.1, -0.05) is 49.1 Å². The van der Waals surface area contributed by atoms with E-state index >= 15 is 0 Å². The molecule has 0 heterocycles. The largest absolute Gasteiger partial charge is 0.465 e. The van der Waals surface area contributed by atoms with E-state index in [-0.39, 0.29) is 17.7 Å². The highest BCUT2D eigenvalue weighted by molar-refractivity contribution is 6.08. The van der Waals surface area contributed by atoms with E-state index in [0.717, 1.165) is 31.2 Å². The summed E-state index contributed by atoms with van der Waals surface area (Å²) < 4.78 is 5.16. The van der Waals surface area contributed by atoms with Crippen LogP contribution in [0.2, 0.25) is 0 Å². The molecule has 1 fully saturated rings. The van der Waals surface area contributed by atoms with Crippen LogP contribution in [0.4, 0.5) is 0 Å². The molecule has 0 amide bonds. The Morgan fingerprint density at radius 3 is 2.33 bits per heavy atom. The Bertz CT molecular complexity index is 484. The minimum Gasteiger partial charge on any atom is -0.465 e. The smallest absolute Gasteiger partial charge is 0.317 e. The molecule has 3 heteroatoms. The third-order valence-electron chi connectivity index (χ3n) is 4.28. The molecular formula is C18H24O3. The van der Waals surface area contributed by atoms with Gasteiger partial charge in [0.25, 0.3) is 0 Å². The number of esters is 1. The summed E-state index contributed by atoms with van der Waals surface area (Å²) in [6.45, 7) is 4.09. The molecule has 0 bridgehead atoms. The maximum absolute atomic E-state index is 12.8. The second-order valence-electron chi connectivity index (χ2n) is 5.86. The predicted octanol–water partition coefficient (Wildman–Crippen LogP) is 3.94. The molecule has 1 aromatic carbocycles. The number of hydrogen-bond donors (Lipinski definition) is 0. The van der Waals surface area contributed by atoms with Gasteiger partial charge in [0.15, 0.2) is 5.78 Å². The summed E-state index contributed by atoms with van der Waals surface area (Å²) in [7, 11) is 0. The molecule has 1 aromatic rings. The first-order chi connectivity index (χ1) is 10.1. The average molecular weight is 288 g/mol. The van der Waals surface area contributed by atoms with Crippen LogP contribution in [0.25, 0.3) is 0 Å². The SMILES string of the molecule is CCOC(=O)C(C(=O)c1ccc(C)cc1)C1CCCCC1. The van der Waals surface area contributed by atoms with Gasteiger partial charge in [0.1, 0.15) is 5.92 Å². The molecule has 1 atom stereocenters. The van der Waals surface area contributed by atoms with Crippen molar-refractivity contribution in [2.24, 2.45) is 11.8 Å². The van der Waals surface area contributed by atoms with E-state index in [1.54, 1.807) is 6.92 Å². The highest BCUT2D eigenvalue weighted by Crippen LogP contribution is 2.32. The van der Waals surface area contributed by atoms with E-state index in [2.05, 4.69) is 0 Å². The van der Waals surface area contributed by atoms with Crippen molar-refractivity contribution in [2.45, 2.75) is 46.0 Å². The van der Waals surface area contributed by atoms with Crippen molar-refractivity contribution < 1.29 is 14.3 Å². The summed E-state index contributed by atoms with van der Waals surface area (Å²) >= 11 is 0. The molecule has 0 spiro atoms. The van der Waals surface area contributed by atoms with Gasteiger partial charge < -0.3 is 4.74 Å². The predicted molar refractivity (Wildman–Crippen MR) is 82.2 cm³/mol. The van der Waals surface area contributed by atoms with Gasteiger partial charge in [-0.15, -0.1) is 0 Å². The molecule has 114 valence electrons. The number of ether oxygens (including phenoxy) is 1. The fourth-order valence-electron chi connectivity index (χ4n) is 3.11. The number of aryl methyl sites for hydroxylation is 1. The number of rotatable bonds is 5. The topological polar surface area (TPSA) is 43.4 Å². The zero-order chi connectivity index (χ0) is 15.2. The zero-order valence-corrected chi connectivity index (χ0v) is 12.9. The van der Waals surface area contributed by atoms with Crippen LogP contribution in [0.5, 0.6) is 0 Å². The monoisotopic (exact) mass is 288 g/mol. The van der Waals surface area contributed by atoms with E-state index in [1.165, 1.54) is 6.42 Å². The van der Waals surface area contributed by atoms with Gasteiger partial charge in [0, 0.05) is 5.56 Å². The molecule has 1 saturated carbocycles. The van der Waals surface area contributed by atoms with Gasteiger partial charge in [-0.3, -0.25) is 9.59 Å². The summed E-state index contributed by atoms with van der Waals surface area (Å²) in [5.41, 5.74) is 1.72.